The molecule has 0 fully saturated rings. The van der Waals surface area contributed by atoms with Gasteiger partial charge in [0.2, 0.25) is 0 Å². The molecule has 0 aromatic carbocycles. The van der Waals surface area contributed by atoms with Crippen LogP contribution < -0.4 is 5.32 Å². The molecule has 0 unspecified atom stereocenters. The molecule has 4 heteroatoms. The minimum absolute atomic E-state index is 0. The molecule has 0 saturated carbocycles. The van der Waals surface area contributed by atoms with Crippen LogP contribution in [0.1, 0.15) is 0 Å². The summed E-state index contributed by atoms with van der Waals surface area (Å²) in [5, 5.41) is 2.81. The number of aliphatic imine (C=N–C) groups is 1. The van der Waals surface area contributed by atoms with Crippen molar-refractivity contribution in [1.29, 1.82) is 0 Å². The van der Waals surface area contributed by atoms with E-state index >= 15 is 0 Å². The Balaban J connectivity index is 0. The summed E-state index contributed by atoms with van der Waals surface area (Å²) < 4.78 is 0.843. The molecule has 0 amide bonds. The molecule has 2 nitrogen and oxygen atoms in total. The Morgan fingerprint density at radius 3 is 2.14 bits per heavy atom. The number of nitrogens with zero attached hydrogens (tertiary/aromatic N) is 1. The smallest absolute Gasteiger partial charge is 0 e. The molecular weight excluding hydrogens is 182 g/mol. The Hall–Kier alpha value is 1.63. The van der Waals surface area contributed by atoms with Crippen molar-refractivity contribution in [1.82, 2.24) is 5.32 Å². The monoisotopic (exact) mass is 190 g/mol. The normalized spacial score (nSPS) is 9.71. The van der Waals surface area contributed by atoms with Gasteiger partial charge >= 0.3 is 45.2 Å². The van der Waals surface area contributed by atoms with Crippen molar-refractivity contribution < 1.29 is 0 Å². The Labute approximate surface area is 94.8 Å². The minimum Gasteiger partial charge on any atom is 0 e. The van der Waals surface area contributed by atoms with E-state index in [1.54, 1.807) is 7.05 Å². The molecule has 0 aliphatic carbocycles. The number of rotatable bonds is 0. The van der Waals surface area contributed by atoms with Gasteiger partial charge in [-0.2, -0.15) is 0 Å². The third-order valence-corrected chi connectivity index (χ3v) is 1.23. The van der Waals surface area contributed by atoms with E-state index in [4.69, 9.17) is 0 Å². The van der Waals surface area contributed by atoms with E-state index in [1.165, 1.54) is 0 Å². The third-order valence-electron chi connectivity index (χ3n) is 0.417. The van der Waals surface area contributed by atoms with Crippen LogP contribution in [-0.2, 0) is 0 Å². The zero-order chi connectivity index (χ0) is 4.99. The fourth-order valence-corrected chi connectivity index (χ4v) is 0.112. The molecule has 0 spiro atoms. The van der Waals surface area contributed by atoms with Gasteiger partial charge in [-0.15, -0.1) is 0 Å². The molecule has 0 aromatic heterocycles. The molecule has 0 aliphatic rings. The van der Waals surface area contributed by atoms with E-state index in [0.717, 1.165) is 4.73 Å². The van der Waals surface area contributed by atoms with E-state index in [1.807, 2.05) is 7.05 Å². The van der Waals surface area contributed by atoms with Crippen LogP contribution in [0, 0.1) is 0 Å². The molecule has 0 saturated heterocycles. The van der Waals surface area contributed by atoms with Crippen LogP contribution in [-0.4, -0.2) is 86.2 Å². The maximum Gasteiger partial charge on any atom is 0 e. The molecule has 0 heterocycles. The Bertz CT molecular complexity index is 64.0. The van der Waals surface area contributed by atoms with E-state index in [2.05, 4.69) is 26.3 Å². The molecule has 0 aliphatic heterocycles. The average Bonchev–Trinajstić information content (AvgIpc) is 1.65. The van der Waals surface area contributed by atoms with E-state index < -0.39 is 0 Å². The molecule has 7 heavy (non-hydrogen) atoms. The molecule has 0 atom stereocenters. The Morgan fingerprint density at radius 2 is 2.14 bits per heavy atom. The fourth-order valence-electron chi connectivity index (χ4n) is 0.112. The third kappa shape index (κ3) is 7.63. The van der Waals surface area contributed by atoms with Crippen molar-refractivity contribution in [3.8, 4) is 0 Å². The van der Waals surface area contributed by atoms with Crippen molar-refractivity contribution in [3.05, 3.63) is 0 Å². The van der Waals surface area contributed by atoms with Crippen LogP contribution in [0.5, 0.6) is 0 Å². The summed E-state index contributed by atoms with van der Waals surface area (Å²) in [6.45, 7) is 0. The summed E-state index contributed by atoms with van der Waals surface area (Å²) in [4.78, 5) is 3.76. The zero-order valence-electron chi connectivity index (χ0n) is 4.86. The van der Waals surface area contributed by atoms with Gasteiger partial charge in [-0.3, -0.25) is 0 Å². The molecule has 36 valence electrons. The molecule has 0 bridgehead atoms. The second kappa shape index (κ2) is 7.63. The number of hydrogen-bond acceptors (Lipinski definition) is 1. The van der Waals surface area contributed by atoms with Crippen LogP contribution in [0.2, 0.25) is 0 Å². The largest absolute Gasteiger partial charge is 0 e. The van der Waals surface area contributed by atoms with Crippen molar-refractivity contribution in [3.63, 3.8) is 0 Å². The van der Waals surface area contributed by atoms with Crippen molar-refractivity contribution in [2.45, 2.75) is 0 Å². The van der Waals surface area contributed by atoms with E-state index in [0.29, 0.717) is 0 Å². The Kier molecular flexibility index (Phi) is 12.4. The second-order valence-electron chi connectivity index (χ2n) is 0.779. The molecular formula is C3H7KN2Se. The van der Waals surface area contributed by atoms with Crippen molar-refractivity contribution >= 4 is 72.1 Å². The van der Waals surface area contributed by atoms with E-state index in [-0.39, 0.29) is 51.4 Å². The molecule has 0 rings (SSSR count). The molecule has 2 radical (unpaired) electrons. The Morgan fingerprint density at radius 1 is 1.71 bits per heavy atom. The standard InChI is InChI=1S/C3H7N2Se.K/c1-4-3(6)5-2;/h1-2H3,(H,4,5);. The topological polar surface area (TPSA) is 24.4 Å². The summed E-state index contributed by atoms with van der Waals surface area (Å²) in [5.41, 5.74) is 0. The SMILES string of the molecule is CN=C([Se])NC.[K]. The van der Waals surface area contributed by atoms with Crippen LogP contribution in [0.3, 0.4) is 0 Å². The van der Waals surface area contributed by atoms with Gasteiger partial charge in [0.25, 0.3) is 0 Å². The van der Waals surface area contributed by atoms with Crippen molar-refractivity contribution in [2.75, 3.05) is 14.1 Å². The van der Waals surface area contributed by atoms with Gasteiger partial charge in [-0.25, -0.2) is 0 Å². The minimum atomic E-state index is 0. The predicted molar refractivity (Wildman–Crippen MR) is 33.9 cm³/mol. The number of hydrogen-bond donors (Lipinski definition) is 1. The van der Waals surface area contributed by atoms with Crippen LogP contribution in [0.25, 0.3) is 0 Å². The molecule has 0 aromatic rings. The number of nitrogens with one attached hydrogen (secondary N) is 1. The average molecular weight is 189 g/mol. The van der Waals surface area contributed by atoms with E-state index in [9.17, 15) is 0 Å². The first-order valence-electron chi connectivity index (χ1n) is 1.62. The zero-order valence-corrected chi connectivity index (χ0v) is 9.69. The quantitative estimate of drug-likeness (QED) is 0.294. The van der Waals surface area contributed by atoms with Gasteiger partial charge in [0, 0.05) is 51.4 Å². The van der Waals surface area contributed by atoms with Crippen LogP contribution >= 0.6 is 0 Å². The summed E-state index contributed by atoms with van der Waals surface area (Å²) in [5.74, 6) is 0. The predicted octanol–water partition coefficient (Wildman–Crippen LogP) is -1.02. The summed E-state index contributed by atoms with van der Waals surface area (Å²) in [6, 6.07) is 0. The number of amidine groups is 1. The van der Waals surface area contributed by atoms with Gasteiger partial charge in [0.15, 0.2) is 0 Å². The summed E-state index contributed by atoms with van der Waals surface area (Å²) >= 11 is 2.72. The first-order chi connectivity index (χ1) is 2.81. The van der Waals surface area contributed by atoms with Gasteiger partial charge in [-0.1, -0.05) is 0 Å². The van der Waals surface area contributed by atoms with Gasteiger partial charge in [0.1, 0.15) is 0 Å². The van der Waals surface area contributed by atoms with Crippen LogP contribution in [0.15, 0.2) is 4.99 Å². The maximum absolute atomic E-state index is 3.76. The van der Waals surface area contributed by atoms with Crippen LogP contribution in [0.4, 0.5) is 0 Å². The molecule has 1 N–H and O–H groups in total. The van der Waals surface area contributed by atoms with Gasteiger partial charge in [-0.05, 0) is 0 Å². The summed E-state index contributed by atoms with van der Waals surface area (Å²) in [7, 11) is 3.54. The van der Waals surface area contributed by atoms with Gasteiger partial charge < -0.3 is 0 Å². The second-order valence-corrected chi connectivity index (χ2v) is 1.59. The van der Waals surface area contributed by atoms with Gasteiger partial charge in [0.05, 0.1) is 0 Å². The first kappa shape index (κ1) is 11.4. The van der Waals surface area contributed by atoms with Crippen molar-refractivity contribution in [2.24, 2.45) is 4.99 Å². The summed E-state index contributed by atoms with van der Waals surface area (Å²) in [6.07, 6.45) is 0. The maximum atomic E-state index is 3.76. The first-order valence-corrected chi connectivity index (χ1v) is 2.48. The fraction of sp³-hybridized carbons (Fsp3) is 0.667.